The monoisotopic (exact) mass is 336 g/mol. The molecule has 4 rings (SSSR count). The predicted molar refractivity (Wildman–Crippen MR) is 105 cm³/mol. The van der Waals surface area contributed by atoms with Crippen molar-refractivity contribution in [1.82, 2.24) is 0 Å². The van der Waals surface area contributed by atoms with Crippen LogP contribution in [0.4, 0.5) is 0 Å². The van der Waals surface area contributed by atoms with Crippen molar-refractivity contribution in [2.45, 2.75) is 0 Å². The molecule has 0 bridgehead atoms. The van der Waals surface area contributed by atoms with Gasteiger partial charge in [0, 0.05) is 16.7 Å². The number of hydrogen-bond acceptors (Lipinski definition) is 2. The molecule has 0 saturated carbocycles. The van der Waals surface area contributed by atoms with Gasteiger partial charge in [-0.3, -0.25) is 0 Å². The van der Waals surface area contributed by atoms with Gasteiger partial charge in [0.1, 0.15) is 11.5 Å². The van der Waals surface area contributed by atoms with Crippen LogP contribution in [0.3, 0.4) is 0 Å². The van der Waals surface area contributed by atoms with Gasteiger partial charge in [0.2, 0.25) is 0 Å². The normalized spacial score (nSPS) is 10.3. The summed E-state index contributed by atoms with van der Waals surface area (Å²) in [6, 6.07) is 26.3. The molecule has 2 nitrogen and oxygen atoms in total. The van der Waals surface area contributed by atoms with Crippen LogP contribution in [0.1, 0.15) is 11.1 Å². The van der Waals surface area contributed by atoms with E-state index in [4.69, 9.17) is 0 Å². The van der Waals surface area contributed by atoms with Crippen molar-refractivity contribution in [1.29, 1.82) is 0 Å². The quantitative estimate of drug-likeness (QED) is 0.462. The van der Waals surface area contributed by atoms with E-state index in [1.54, 1.807) is 24.3 Å². The third-order valence-corrected chi connectivity index (χ3v) is 4.34. The van der Waals surface area contributed by atoms with Crippen molar-refractivity contribution in [3.8, 4) is 34.5 Å². The number of phenolic OH excluding ortho intramolecular Hbond substituents is 2. The SMILES string of the molecule is Oc1ccccc1C#Cc1ccccc1-c1c(O)ccc2ccccc12. The molecule has 0 aliphatic heterocycles. The van der Waals surface area contributed by atoms with Gasteiger partial charge >= 0.3 is 0 Å². The summed E-state index contributed by atoms with van der Waals surface area (Å²) < 4.78 is 0. The standard InChI is InChI=1S/C24H16O2/c25-22-12-6-3-9-19(22)14-13-17-7-1-4-10-20(17)24-21-11-5-2-8-18(21)15-16-23(24)26/h1-12,15-16,25-26H. The number of phenols is 2. The summed E-state index contributed by atoms with van der Waals surface area (Å²) in [5, 5.41) is 22.5. The van der Waals surface area contributed by atoms with Crippen LogP contribution in [0.15, 0.2) is 84.9 Å². The van der Waals surface area contributed by atoms with Gasteiger partial charge in [-0.05, 0) is 35.0 Å². The lowest BCUT2D eigenvalue weighted by atomic mass is 9.94. The third kappa shape index (κ3) is 2.87. The van der Waals surface area contributed by atoms with Crippen molar-refractivity contribution in [3.63, 3.8) is 0 Å². The molecule has 0 unspecified atom stereocenters. The fourth-order valence-corrected chi connectivity index (χ4v) is 3.07. The number of aromatic hydroxyl groups is 2. The lowest BCUT2D eigenvalue weighted by molar-refractivity contribution is 0.473. The molecule has 0 aromatic heterocycles. The van der Waals surface area contributed by atoms with Crippen LogP contribution < -0.4 is 0 Å². The summed E-state index contributed by atoms with van der Waals surface area (Å²) in [5.74, 6) is 6.55. The van der Waals surface area contributed by atoms with E-state index in [1.807, 2.05) is 60.7 Å². The maximum absolute atomic E-state index is 10.5. The summed E-state index contributed by atoms with van der Waals surface area (Å²) in [6.07, 6.45) is 0. The summed E-state index contributed by atoms with van der Waals surface area (Å²) in [4.78, 5) is 0. The maximum Gasteiger partial charge on any atom is 0.131 e. The van der Waals surface area contributed by atoms with E-state index >= 15 is 0 Å². The van der Waals surface area contributed by atoms with E-state index in [0.717, 1.165) is 27.5 Å². The number of para-hydroxylation sites is 1. The molecular formula is C24H16O2. The van der Waals surface area contributed by atoms with E-state index in [-0.39, 0.29) is 11.5 Å². The van der Waals surface area contributed by atoms with Crippen molar-refractivity contribution < 1.29 is 10.2 Å². The van der Waals surface area contributed by atoms with Crippen LogP contribution in [-0.4, -0.2) is 10.2 Å². The van der Waals surface area contributed by atoms with E-state index in [1.165, 1.54) is 0 Å². The van der Waals surface area contributed by atoms with Crippen LogP contribution in [0.5, 0.6) is 11.5 Å². The number of fused-ring (bicyclic) bond motifs is 1. The van der Waals surface area contributed by atoms with Gasteiger partial charge in [0.05, 0.1) is 5.56 Å². The minimum Gasteiger partial charge on any atom is -0.507 e. The topological polar surface area (TPSA) is 40.5 Å². The van der Waals surface area contributed by atoms with E-state index in [9.17, 15) is 10.2 Å². The Morgan fingerprint density at radius 3 is 2.04 bits per heavy atom. The van der Waals surface area contributed by atoms with Gasteiger partial charge < -0.3 is 10.2 Å². The number of hydrogen-bond donors (Lipinski definition) is 2. The van der Waals surface area contributed by atoms with Crippen LogP contribution in [0, 0.1) is 11.8 Å². The molecule has 0 radical (unpaired) electrons. The summed E-state index contributed by atoms with van der Waals surface area (Å²) in [7, 11) is 0. The fourth-order valence-electron chi connectivity index (χ4n) is 3.07. The molecule has 4 aromatic rings. The number of benzene rings is 4. The average Bonchev–Trinajstić information content (AvgIpc) is 2.68. The van der Waals surface area contributed by atoms with E-state index in [2.05, 4.69) is 11.8 Å². The molecule has 0 atom stereocenters. The molecule has 0 aliphatic carbocycles. The summed E-state index contributed by atoms with van der Waals surface area (Å²) in [6.45, 7) is 0. The number of rotatable bonds is 1. The Labute approximate surface area is 152 Å². The van der Waals surface area contributed by atoms with Gasteiger partial charge in [0.15, 0.2) is 0 Å². The van der Waals surface area contributed by atoms with Crippen molar-refractivity contribution in [3.05, 3.63) is 96.1 Å². The summed E-state index contributed by atoms with van der Waals surface area (Å²) >= 11 is 0. The Bertz CT molecular complexity index is 1160. The van der Waals surface area contributed by atoms with Crippen molar-refractivity contribution in [2.75, 3.05) is 0 Å². The second-order valence-electron chi connectivity index (χ2n) is 5.99. The molecule has 0 aliphatic rings. The smallest absolute Gasteiger partial charge is 0.131 e. The highest BCUT2D eigenvalue weighted by atomic mass is 16.3. The van der Waals surface area contributed by atoms with Crippen LogP contribution >= 0.6 is 0 Å². The largest absolute Gasteiger partial charge is 0.507 e. The average molecular weight is 336 g/mol. The van der Waals surface area contributed by atoms with Crippen molar-refractivity contribution >= 4 is 10.8 Å². The van der Waals surface area contributed by atoms with Gasteiger partial charge in [-0.15, -0.1) is 0 Å². The zero-order valence-electron chi connectivity index (χ0n) is 14.0. The molecule has 0 saturated heterocycles. The third-order valence-electron chi connectivity index (χ3n) is 4.34. The van der Waals surface area contributed by atoms with Crippen molar-refractivity contribution in [2.24, 2.45) is 0 Å². The highest BCUT2D eigenvalue weighted by Gasteiger charge is 2.12. The van der Waals surface area contributed by atoms with Crippen LogP contribution in [-0.2, 0) is 0 Å². The molecule has 0 spiro atoms. The Balaban J connectivity index is 1.92. The molecule has 2 N–H and O–H groups in total. The lowest BCUT2D eigenvalue weighted by Crippen LogP contribution is -1.87. The highest BCUT2D eigenvalue weighted by Crippen LogP contribution is 2.37. The first-order chi connectivity index (χ1) is 12.7. The zero-order valence-corrected chi connectivity index (χ0v) is 14.0. The Kier molecular flexibility index (Phi) is 4.05. The van der Waals surface area contributed by atoms with Gasteiger partial charge in [-0.25, -0.2) is 0 Å². The molecule has 124 valence electrons. The zero-order chi connectivity index (χ0) is 17.9. The molecule has 0 fully saturated rings. The molecule has 0 heterocycles. The van der Waals surface area contributed by atoms with E-state index < -0.39 is 0 Å². The Morgan fingerprint density at radius 2 is 1.19 bits per heavy atom. The predicted octanol–water partition coefficient (Wildman–Crippen LogP) is 5.32. The van der Waals surface area contributed by atoms with Gasteiger partial charge in [-0.2, -0.15) is 0 Å². The minimum atomic E-state index is 0.158. The minimum absolute atomic E-state index is 0.158. The highest BCUT2D eigenvalue weighted by molar-refractivity contribution is 6.00. The first-order valence-electron chi connectivity index (χ1n) is 8.34. The van der Waals surface area contributed by atoms with Gasteiger partial charge in [0.25, 0.3) is 0 Å². The molecule has 0 amide bonds. The first kappa shape index (κ1) is 15.8. The second-order valence-corrected chi connectivity index (χ2v) is 5.99. The van der Waals surface area contributed by atoms with E-state index in [0.29, 0.717) is 5.56 Å². The molecular weight excluding hydrogens is 320 g/mol. The van der Waals surface area contributed by atoms with Crippen LogP contribution in [0.25, 0.3) is 21.9 Å². The Morgan fingerprint density at radius 1 is 0.538 bits per heavy atom. The molecule has 2 heteroatoms. The fraction of sp³-hybridized carbons (Fsp3) is 0. The van der Waals surface area contributed by atoms with Crippen LogP contribution in [0.2, 0.25) is 0 Å². The molecule has 4 aromatic carbocycles. The Hall–Kier alpha value is -3.70. The molecule has 26 heavy (non-hydrogen) atoms. The lowest BCUT2D eigenvalue weighted by Gasteiger charge is -2.11. The maximum atomic E-state index is 10.5. The first-order valence-corrected chi connectivity index (χ1v) is 8.34. The van der Waals surface area contributed by atoms with Gasteiger partial charge in [-0.1, -0.05) is 72.5 Å². The summed E-state index contributed by atoms with van der Waals surface area (Å²) in [5.41, 5.74) is 3.00. The second kappa shape index (κ2) is 6.66.